The van der Waals surface area contributed by atoms with Crippen molar-refractivity contribution in [3.05, 3.63) is 23.8 Å². The zero-order chi connectivity index (χ0) is 17.5. The Kier molecular flexibility index (Phi) is 4.34. The van der Waals surface area contributed by atoms with Crippen LogP contribution in [0.5, 0.6) is 5.75 Å². The van der Waals surface area contributed by atoms with Crippen molar-refractivity contribution in [2.75, 3.05) is 7.11 Å². The number of esters is 1. The summed E-state index contributed by atoms with van der Waals surface area (Å²) < 4.78 is 38.2. The molecule has 1 heterocycles. The first-order valence-electron chi connectivity index (χ1n) is 8.17. The monoisotopic (exact) mass is 353 g/mol. The largest absolute Gasteiger partial charge is 0.489 e. The van der Waals surface area contributed by atoms with Crippen molar-refractivity contribution >= 4 is 16.0 Å². The lowest BCUT2D eigenvalue weighted by molar-refractivity contribution is -0.146. The molecule has 0 amide bonds. The molecule has 6 nitrogen and oxygen atoms in total. The van der Waals surface area contributed by atoms with Crippen LogP contribution in [-0.2, 0) is 19.6 Å². The van der Waals surface area contributed by atoms with E-state index < -0.39 is 21.5 Å². The second kappa shape index (κ2) is 6.04. The van der Waals surface area contributed by atoms with Crippen LogP contribution in [-0.4, -0.2) is 33.1 Å². The lowest BCUT2D eigenvalue weighted by Gasteiger charge is -2.23. The van der Waals surface area contributed by atoms with Gasteiger partial charge in [0.1, 0.15) is 17.4 Å². The number of nitrogens with one attached hydrogen (secondary N) is 1. The van der Waals surface area contributed by atoms with Gasteiger partial charge in [-0.05, 0) is 39.2 Å². The number of hydrogen-bond acceptors (Lipinski definition) is 5. The topological polar surface area (TPSA) is 81.7 Å². The van der Waals surface area contributed by atoms with Crippen LogP contribution in [0, 0.1) is 0 Å². The molecule has 1 aliphatic heterocycles. The SMILES string of the molecule is COC(=O)C(C)(C)NS(=O)(=O)c1ccc2c(c1)OC1CCCCC21. The van der Waals surface area contributed by atoms with Crippen molar-refractivity contribution in [3.8, 4) is 5.75 Å². The van der Waals surface area contributed by atoms with Crippen LogP contribution in [0.1, 0.15) is 51.0 Å². The number of sulfonamides is 1. The Labute approximate surface area is 142 Å². The van der Waals surface area contributed by atoms with Crippen LogP contribution in [0.4, 0.5) is 0 Å². The van der Waals surface area contributed by atoms with Crippen LogP contribution in [0.2, 0.25) is 0 Å². The van der Waals surface area contributed by atoms with Gasteiger partial charge in [-0.25, -0.2) is 8.42 Å². The molecule has 1 fully saturated rings. The molecule has 1 aromatic rings. The standard InChI is InChI=1S/C17H23NO5S/c1-17(2,16(19)22-3)18-24(20,21)11-8-9-13-12-6-4-5-7-14(12)23-15(13)10-11/h8-10,12,14,18H,4-7H2,1-3H3. The molecule has 3 rings (SSSR count). The molecule has 0 aromatic heterocycles. The fraction of sp³-hybridized carbons (Fsp3) is 0.588. The quantitative estimate of drug-likeness (QED) is 0.840. The molecule has 2 aliphatic rings. The summed E-state index contributed by atoms with van der Waals surface area (Å²) in [6.45, 7) is 2.93. The van der Waals surface area contributed by atoms with Gasteiger partial charge in [-0.1, -0.05) is 12.5 Å². The minimum Gasteiger partial charge on any atom is -0.489 e. The molecule has 0 radical (unpaired) electrons. The van der Waals surface area contributed by atoms with Gasteiger partial charge in [-0.15, -0.1) is 0 Å². The summed E-state index contributed by atoms with van der Waals surface area (Å²) in [7, 11) is -2.63. The predicted octanol–water partition coefficient (Wildman–Crippen LogP) is 2.34. The predicted molar refractivity (Wildman–Crippen MR) is 88.5 cm³/mol. The number of ether oxygens (including phenoxy) is 2. The molecule has 0 spiro atoms. The molecule has 1 aliphatic carbocycles. The Morgan fingerprint density at radius 1 is 1.29 bits per heavy atom. The molecule has 24 heavy (non-hydrogen) atoms. The van der Waals surface area contributed by atoms with Gasteiger partial charge in [-0.3, -0.25) is 4.79 Å². The highest BCUT2D eigenvalue weighted by atomic mass is 32.2. The second-order valence-electron chi connectivity index (χ2n) is 6.97. The highest BCUT2D eigenvalue weighted by Crippen LogP contribution is 2.46. The zero-order valence-corrected chi connectivity index (χ0v) is 15.0. The molecule has 1 saturated carbocycles. The molecule has 132 valence electrons. The van der Waals surface area contributed by atoms with E-state index in [0.29, 0.717) is 11.7 Å². The molecular formula is C17H23NO5S. The van der Waals surface area contributed by atoms with Gasteiger partial charge in [0.25, 0.3) is 0 Å². The smallest absolute Gasteiger partial charge is 0.326 e. The van der Waals surface area contributed by atoms with Crippen LogP contribution >= 0.6 is 0 Å². The number of carbonyl (C=O) groups excluding carboxylic acids is 1. The fourth-order valence-electron chi connectivity index (χ4n) is 3.54. The number of fused-ring (bicyclic) bond motifs is 3. The van der Waals surface area contributed by atoms with Gasteiger partial charge in [0.15, 0.2) is 0 Å². The number of carbonyl (C=O) groups is 1. The van der Waals surface area contributed by atoms with Crippen LogP contribution < -0.4 is 9.46 Å². The Bertz CT molecular complexity index is 756. The average molecular weight is 353 g/mol. The Balaban J connectivity index is 1.87. The highest BCUT2D eigenvalue weighted by Gasteiger charge is 2.38. The summed E-state index contributed by atoms with van der Waals surface area (Å²) in [5, 5.41) is 0. The minimum absolute atomic E-state index is 0.0943. The molecular weight excluding hydrogens is 330 g/mol. The van der Waals surface area contributed by atoms with E-state index in [1.54, 1.807) is 12.1 Å². The third-order valence-corrected chi connectivity index (χ3v) is 6.41. The number of methoxy groups -OCH3 is 1. The summed E-state index contributed by atoms with van der Waals surface area (Å²) in [5.41, 5.74) is -0.257. The van der Waals surface area contributed by atoms with Crippen molar-refractivity contribution in [1.29, 1.82) is 0 Å². The van der Waals surface area contributed by atoms with E-state index in [1.165, 1.54) is 27.4 Å². The fourth-order valence-corrected chi connectivity index (χ4v) is 4.92. The molecule has 1 N–H and O–H groups in total. The number of rotatable bonds is 4. The minimum atomic E-state index is -3.86. The summed E-state index contributed by atoms with van der Waals surface area (Å²) in [5.74, 6) is 0.366. The first-order valence-corrected chi connectivity index (χ1v) is 9.66. The van der Waals surface area contributed by atoms with E-state index in [1.807, 2.05) is 6.07 Å². The van der Waals surface area contributed by atoms with Gasteiger partial charge in [0.05, 0.1) is 12.0 Å². The molecule has 0 bridgehead atoms. The molecule has 2 atom stereocenters. The van der Waals surface area contributed by atoms with E-state index in [4.69, 9.17) is 4.74 Å². The van der Waals surface area contributed by atoms with Crippen molar-refractivity contribution in [2.24, 2.45) is 0 Å². The average Bonchev–Trinajstić information content (AvgIpc) is 2.90. The summed E-state index contributed by atoms with van der Waals surface area (Å²) in [4.78, 5) is 11.8. The van der Waals surface area contributed by atoms with Crippen molar-refractivity contribution in [1.82, 2.24) is 4.72 Å². The van der Waals surface area contributed by atoms with Crippen LogP contribution in [0.25, 0.3) is 0 Å². The first-order chi connectivity index (χ1) is 11.2. The lowest BCUT2D eigenvalue weighted by atomic mass is 9.83. The summed E-state index contributed by atoms with van der Waals surface area (Å²) in [6, 6.07) is 4.98. The lowest BCUT2D eigenvalue weighted by Crippen LogP contribution is -2.50. The van der Waals surface area contributed by atoms with E-state index >= 15 is 0 Å². The normalized spacial score (nSPS) is 23.1. The Hall–Kier alpha value is -1.60. The third kappa shape index (κ3) is 3.02. The van der Waals surface area contributed by atoms with Crippen molar-refractivity contribution in [2.45, 2.75) is 62.0 Å². The number of benzene rings is 1. The Morgan fingerprint density at radius 3 is 2.71 bits per heavy atom. The zero-order valence-electron chi connectivity index (χ0n) is 14.2. The molecule has 1 aromatic carbocycles. The van der Waals surface area contributed by atoms with Crippen molar-refractivity contribution in [3.63, 3.8) is 0 Å². The van der Waals surface area contributed by atoms with E-state index in [9.17, 15) is 13.2 Å². The first kappa shape index (κ1) is 17.2. The molecule has 0 saturated heterocycles. The van der Waals surface area contributed by atoms with Crippen LogP contribution in [0.15, 0.2) is 23.1 Å². The maximum atomic E-state index is 12.6. The van der Waals surface area contributed by atoms with Crippen LogP contribution in [0.3, 0.4) is 0 Å². The van der Waals surface area contributed by atoms with E-state index in [-0.39, 0.29) is 11.0 Å². The Morgan fingerprint density at radius 2 is 2.00 bits per heavy atom. The maximum Gasteiger partial charge on any atom is 0.326 e. The number of hydrogen-bond donors (Lipinski definition) is 1. The third-order valence-electron chi connectivity index (χ3n) is 4.76. The molecule has 2 unspecified atom stereocenters. The van der Waals surface area contributed by atoms with Gasteiger partial charge >= 0.3 is 5.97 Å². The van der Waals surface area contributed by atoms with E-state index in [2.05, 4.69) is 9.46 Å². The highest BCUT2D eigenvalue weighted by molar-refractivity contribution is 7.89. The maximum absolute atomic E-state index is 12.6. The van der Waals surface area contributed by atoms with E-state index in [0.717, 1.165) is 24.8 Å². The van der Waals surface area contributed by atoms with Crippen molar-refractivity contribution < 1.29 is 22.7 Å². The summed E-state index contributed by atoms with van der Waals surface area (Å²) >= 11 is 0. The van der Waals surface area contributed by atoms with Gasteiger partial charge < -0.3 is 9.47 Å². The van der Waals surface area contributed by atoms with Gasteiger partial charge in [0, 0.05) is 17.5 Å². The van der Waals surface area contributed by atoms with Gasteiger partial charge in [-0.2, -0.15) is 4.72 Å². The molecule has 7 heteroatoms. The second-order valence-corrected chi connectivity index (χ2v) is 8.65. The summed E-state index contributed by atoms with van der Waals surface area (Å²) in [6.07, 6.45) is 4.58. The van der Waals surface area contributed by atoms with Gasteiger partial charge in [0.2, 0.25) is 10.0 Å².